The van der Waals surface area contributed by atoms with Gasteiger partial charge in [-0.1, -0.05) is 35.9 Å². The number of carbonyl (C=O) groups is 2. The van der Waals surface area contributed by atoms with Crippen molar-refractivity contribution in [2.45, 2.75) is 13.8 Å². The smallest absolute Gasteiger partial charge is 0.282 e. The number of nitrogens with one attached hydrogen (secondary N) is 1. The minimum Gasteiger partial charge on any atom is -0.496 e. The number of rotatable bonds is 6. The number of imide groups is 1. The van der Waals surface area contributed by atoms with Gasteiger partial charge in [-0.25, -0.2) is 4.90 Å². The van der Waals surface area contributed by atoms with E-state index in [0.717, 1.165) is 11.1 Å². The molecule has 0 aromatic heterocycles. The van der Waals surface area contributed by atoms with Crippen molar-refractivity contribution in [1.29, 1.82) is 0 Å². The molecule has 1 N–H and O–H groups in total. The number of ether oxygens (including phenoxy) is 2. The zero-order valence-electron chi connectivity index (χ0n) is 18.7. The van der Waals surface area contributed by atoms with Crippen molar-refractivity contribution >= 4 is 40.4 Å². The average Bonchev–Trinajstić information content (AvgIpc) is 3.05. The molecular formula is C26H23ClN2O4. The van der Waals surface area contributed by atoms with Gasteiger partial charge in [-0.05, 0) is 61.4 Å². The maximum Gasteiger partial charge on any atom is 0.282 e. The first-order chi connectivity index (χ1) is 15.8. The molecule has 1 heterocycles. The molecule has 0 saturated heterocycles. The highest BCUT2D eigenvalue weighted by molar-refractivity contribution is 6.46. The van der Waals surface area contributed by atoms with Crippen LogP contribution in [-0.4, -0.2) is 26.0 Å². The Kier molecular flexibility index (Phi) is 6.11. The molecule has 4 rings (SSSR count). The predicted octanol–water partition coefficient (Wildman–Crippen LogP) is 5.37. The minimum absolute atomic E-state index is 0.114. The molecule has 3 aromatic carbocycles. The lowest BCUT2D eigenvalue weighted by Crippen LogP contribution is -2.32. The van der Waals surface area contributed by atoms with Crippen LogP contribution in [0.25, 0.3) is 5.57 Å². The van der Waals surface area contributed by atoms with Crippen molar-refractivity contribution in [3.05, 3.63) is 88.1 Å². The molecule has 0 unspecified atom stereocenters. The molecule has 0 saturated carbocycles. The van der Waals surface area contributed by atoms with Crippen LogP contribution >= 0.6 is 11.6 Å². The summed E-state index contributed by atoms with van der Waals surface area (Å²) in [6, 6.07) is 17.6. The van der Waals surface area contributed by atoms with Crippen LogP contribution < -0.4 is 19.7 Å². The third-order valence-corrected chi connectivity index (χ3v) is 5.87. The zero-order chi connectivity index (χ0) is 23.7. The number of para-hydroxylation sites is 1. The van der Waals surface area contributed by atoms with Crippen molar-refractivity contribution in [3.63, 3.8) is 0 Å². The van der Waals surface area contributed by atoms with Gasteiger partial charge in [-0.3, -0.25) is 9.59 Å². The Bertz CT molecular complexity index is 1300. The summed E-state index contributed by atoms with van der Waals surface area (Å²) in [6.45, 7) is 3.91. The number of halogens is 1. The van der Waals surface area contributed by atoms with E-state index in [0.29, 0.717) is 33.5 Å². The van der Waals surface area contributed by atoms with Gasteiger partial charge >= 0.3 is 0 Å². The van der Waals surface area contributed by atoms with Gasteiger partial charge in [0, 0.05) is 10.6 Å². The van der Waals surface area contributed by atoms with Crippen LogP contribution in [0, 0.1) is 13.8 Å². The first-order valence-corrected chi connectivity index (χ1v) is 10.7. The van der Waals surface area contributed by atoms with Crippen LogP contribution in [0.2, 0.25) is 5.02 Å². The Hall–Kier alpha value is -3.77. The average molecular weight is 463 g/mol. The topological polar surface area (TPSA) is 67.9 Å². The fourth-order valence-electron chi connectivity index (χ4n) is 3.76. The summed E-state index contributed by atoms with van der Waals surface area (Å²) in [5, 5.41) is 3.57. The molecule has 6 nitrogen and oxygen atoms in total. The van der Waals surface area contributed by atoms with Crippen molar-refractivity contribution in [3.8, 4) is 11.5 Å². The van der Waals surface area contributed by atoms with Gasteiger partial charge < -0.3 is 14.8 Å². The Morgan fingerprint density at radius 2 is 1.55 bits per heavy atom. The maximum absolute atomic E-state index is 13.7. The Balaban J connectivity index is 1.90. The van der Waals surface area contributed by atoms with E-state index in [4.69, 9.17) is 21.1 Å². The van der Waals surface area contributed by atoms with Gasteiger partial charge in [0.2, 0.25) is 0 Å². The largest absolute Gasteiger partial charge is 0.496 e. The fraction of sp³-hybridized carbons (Fsp3) is 0.154. The van der Waals surface area contributed by atoms with E-state index in [-0.39, 0.29) is 11.3 Å². The Morgan fingerprint density at radius 3 is 2.24 bits per heavy atom. The predicted molar refractivity (Wildman–Crippen MR) is 130 cm³/mol. The third-order valence-electron chi connectivity index (χ3n) is 5.63. The quantitative estimate of drug-likeness (QED) is 0.499. The summed E-state index contributed by atoms with van der Waals surface area (Å²) in [5.41, 5.74) is 3.84. The van der Waals surface area contributed by atoms with Gasteiger partial charge in [-0.15, -0.1) is 0 Å². The molecular weight excluding hydrogens is 440 g/mol. The summed E-state index contributed by atoms with van der Waals surface area (Å²) in [4.78, 5) is 28.5. The van der Waals surface area contributed by atoms with Crippen LogP contribution in [0.3, 0.4) is 0 Å². The molecule has 1 aliphatic heterocycles. The molecule has 2 amide bonds. The van der Waals surface area contributed by atoms with E-state index in [1.807, 2.05) is 26.0 Å². The van der Waals surface area contributed by atoms with Crippen LogP contribution in [0.1, 0.15) is 16.7 Å². The molecule has 0 atom stereocenters. The van der Waals surface area contributed by atoms with E-state index >= 15 is 0 Å². The Labute approximate surface area is 197 Å². The normalized spacial score (nSPS) is 13.5. The van der Waals surface area contributed by atoms with Crippen molar-refractivity contribution < 1.29 is 19.1 Å². The minimum atomic E-state index is -0.480. The van der Waals surface area contributed by atoms with Gasteiger partial charge in [0.25, 0.3) is 11.8 Å². The van der Waals surface area contributed by atoms with Crippen molar-refractivity contribution in [2.24, 2.45) is 0 Å². The van der Waals surface area contributed by atoms with Crippen LogP contribution in [0.4, 0.5) is 11.4 Å². The summed E-state index contributed by atoms with van der Waals surface area (Å²) >= 11 is 6.19. The Morgan fingerprint density at radius 1 is 0.818 bits per heavy atom. The molecule has 0 bridgehead atoms. The summed E-state index contributed by atoms with van der Waals surface area (Å²) < 4.78 is 10.9. The fourth-order valence-corrected chi connectivity index (χ4v) is 3.93. The lowest BCUT2D eigenvalue weighted by Gasteiger charge is -2.17. The summed E-state index contributed by atoms with van der Waals surface area (Å²) in [5.74, 6) is 0.0338. The lowest BCUT2D eigenvalue weighted by atomic mass is 10.0. The van der Waals surface area contributed by atoms with Crippen LogP contribution in [-0.2, 0) is 9.59 Å². The molecule has 1 aliphatic rings. The van der Waals surface area contributed by atoms with E-state index < -0.39 is 11.8 Å². The molecule has 0 fully saturated rings. The lowest BCUT2D eigenvalue weighted by molar-refractivity contribution is -0.120. The molecule has 0 aliphatic carbocycles. The highest BCUT2D eigenvalue weighted by atomic mass is 35.5. The van der Waals surface area contributed by atoms with Gasteiger partial charge in [0.1, 0.15) is 17.2 Å². The number of anilines is 2. The molecule has 3 aromatic rings. The number of amides is 2. The molecule has 7 heteroatoms. The number of aryl methyl sites for hydroxylation is 2. The zero-order valence-corrected chi connectivity index (χ0v) is 19.5. The number of nitrogens with zero attached hydrogens (tertiary/aromatic N) is 1. The third kappa shape index (κ3) is 4.05. The highest BCUT2D eigenvalue weighted by Gasteiger charge is 2.41. The van der Waals surface area contributed by atoms with E-state index in [1.54, 1.807) is 48.5 Å². The second-order valence-corrected chi connectivity index (χ2v) is 8.07. The first-order valence-electron chi connectivity index (χ1n) is 10.3. The van der Waals surface area contributed by atoms with E-state index in [9.17, 15) is 9.59 Å². The number of methoxy groups -OCH3 is 2. The molecule has 0 radical (unpaired) electrons. The SMILES string of the molecule is COc1ccc(Cl)cc1NC1=C(c2ccccc2OC)C(=O)N(c2ccc(C)c(C)c2)C1=O. The van der Waals surface area contributed by atoms with Crippen molar-refractivity contribution in [1.82, 2.24) is 0 Å². The second kappa shape index (κ2) is 9.00. The first kappa shape index (κ1) is 22.4. The maximum atomic E-state index is 13.7. The van der Waals surface area contributed by atoms with Gasteiger partial charge in [0.05, 0.1) is 31.2 Å². The second-order valence-electron chi connectivity index (χ2n) is 7.63. The number of hydrogen-bond acceptors (Lipinski definition) is 5. The number of benzene rings is 3. The standard InChI is InChI=1S/C26H23ClN2O4/c1-15-9-11-18(13-16(15)2)29-25(30)23(19-7-5-6-8-21(19)32-3)24(26(29)31)28-20-14-17(27)10-12-22(20)33-4/h5-14,28H,1-4H3. The number of hydrogen-bond donors (Lipinski definition) is 1. The van der Waals surface area contributed by atoms with Crippen LogP contribution in [0.5, 0.6) is 11.5 Å². The van der Waals surface area contributed by atoms with E-state index in [2.05, 4.69) is 5.32 Å². The van der Waals surface area contributed by atoms with Gasteiger partial charge in [0.15, 0.2) is 0 Å². The molecule has 168 valence electrons. The molecule has 0 spiro atoms. The van der Waals surface area contributed by atoms with Gasteiger partial charge in [-0.2, -0.15) is 0 Å². The number of carbonyl (C=O) groups excluding carboxylic acids is 2. The summed E-state index contributed by atoms with van der Waals surface area (Å²) in [6.07, 6.45) is 0. The van der Waals surface area contributed by atoms with E-state index in [1.165, 1.54) is 19.1 Å². The van der Waals surface area contributed by atoms with Crippen molar-refractivity contribution in [2.75, 3.05) is 24.4 Å². The summed E-state index contributed by atoms with van der Waals surface area (Å²) in [7, 11) is 3.04. The highest BCUT2D eigenvalue weighted by Crippen LogP contribution is 2.39. The molecule has 33 heavy (non-hydrogen) atoms. The monoisotopic (exact) mass is 462 g/mol. The van der Waals surface area contributed by atoms with Crippen LogP contribution in [0.15, 0.2) is 66.4 Å².